The summed E-state index contributed by atoms with van der Waals surface area (Å²) in [5, 5.41) is 7.55. The van der Waals surface area contributed by atoms with Crippen molar-refractivity contribution in [1.82, 2.24) is 10.3 Å². The number of halogens is 1. The molecule has 0 aliphatic heterocycles. The standard InChI is InChI=1S/C18H16FN3O3S/c1-11(12-4-6-13(19)7-5-12)20-16(23)9-14-10-26-18(21-14)22-17(24)15-3-2-8-25-15/h2-8,10-11H,9H2,1H3,(H,20,23)(H,21,22,24)/t11-/m0/s1. The fraction of sp³-hybridized carbons (Fsp3) is 0.167. The monoisotopic (exact) mass is 373 g/mol. The van der Waals surface area contributed by atoms with Gasteiger partial charge in [-0.2, -0.15) is 0 Å². The van der Waals surface area contributed by atoms with Crippen LogP contribution in [0.3, 0.4) is 0 Å². The van der Waals surface area contributed by atoms with Crippen LogP contribution in [0.2, 0.25) is 0 Å². The number of hydrogen-bond acceptors (Lipinski definition) is 5. The number of nitrogens with zero attached hydrogens (tertiary/aromatic N) is 1. The molecule has 0 saturated heterocycles. The van der Waals surface area contributed by atoms with Crippen molar-refractivity contribution in [3.8, 4) is 0 Å². The first-order chi connectivity index (χ1) is 12.5. The van der Waals surface area contributed by atoms with Crippen LogP contribution in [0.4, 0.5) is 9.52 Å². The van der Waals surface area contributed by atoms with Crippen LogP contribution in [0.5, 0.6) is 0 Å². The Hall–Kier alpha value is -3.00. The van der Waals surface area contributed by atoms with Gasteiger partial charge in [-0.3, -0.25) is 14.9 Å². The normalized spacial score (nSPS) is 11.8. The molecule has 0 spiro atoms. The van der Waals surface area contributed by atoms with Crippen LogP contribution in [-0.2, 0) is 11.2 Å². The largest absolute Gasteiger partial charge is 0.459 e. The van der Waals surface area contributed by atoms with Gasteiger partial charge in [0, 0.05) is 5.38 Å². The van der Waals surface area contributed by atoms with E-state index in [1.807, 2.05) is 6.92 Å². The second kappa shape index (κ2) is 7.92. The van der Waals surface area contributed by atoms with Crippen molar-refractivity contribution in [2.45, 2.75) is 19.4 Å². The summed E-state index contributed by atoms with van der Waals surface area (Å²) in [5.41, 5.74) is 1.36. The lowest BCUT2D eigenvalue weighted by Crippen LogP contribution is -2.28. The van der Waals surface area contributed by atoms with E-state index < -0.39 is 5.91 Å². The fourth-order valence-corrected chi connectivity index (χ4v) is 3.01. The molecule has 3 rings (SSSR count). The Bertz CT molecular complexity index is 891. The highest BCUT2D eigenvalue weighted by Gasteiger charge is 2.14. The maximum absolute atomic E-state index is 13.0. The predicted octanol–water partition coefficient (Wildman–Crippen LogP) is 3.55. The average Bonchev–Trinajstić information content (AvgIpc) is 3.27. The Morgan fingerprint density at radius 3 is 2.73 bits per heavy atom. The molecule has 2 aromatic heterocycles. The molecule has 6 nitrogen and oxygen atoms in total. The maximum Gasteiger partial charge on any atom is 0.293 e. The first-order valence-corrected chi connectivity index (χ1v) is 8.73. The van der Waals surface area contributed by atoms with Crippen LogP contribution in [0.25, 0.3) is 0 Å². The Balaban J connectivity index is 1.54. The molecule has 2 heterocycles. The van der Waals surface area contributed by atoms with Crippen molar-refractivity contribution in [2.24, 2.45) is 0 Å². The van der Waals surface area contributed by atoms with Crippen LogP contribution in [0.15, 0.2) is 52.5 Å². The minimum atomic E-state index is -0.398. The van der Waals surface area contributed by atoms with E-state index in [4.69, 9.17) is 4.42 Å². The van der Waals surface area contributed by atoms with E-state index in [0.717, 1.165) is 5.56 Å². The molecule has 1 atom stereocenters. The molecule has 0 saturated carbocycles. The van der Waals surface area contributed by atoms with Crippen LogP contribution in [0.1, 0.15) is 34.8 Å². The Kier molecular flexibility index (Phi) is 5.43. The lowest BCUT2D eigenvalue weighted by atomic mass is 10.1. The first-order valence-electron chi connectivity index (χ1n) is 7.85. The molecule has 134 valence electrons. The number of rotatable bonds is 6. The zero-order valence-electron chi connectivity index (χ0n) is 13.9. The van der Waals surface area contributed by atoms with Gasteiger partial charge in [-0.1, -0.05) is 12.1 Å². The molecule has 3 aromatic rings. The van der Waals surface area contributed by atoms with Crippen molar-refractivity contribution in [2.75, 3.05) is 5.32 Å². The minimum absolute atomic E-state index is 0.0820. The minimum Gasteiger partial charge on any atom is -0.459 e. The summed E-state index contributed by atoms with van der Waals surface area (Å²) in [6.07, 6.45) is 1.49. The number of carbonyl (C=O) groups excluding carboxylic acids is 2. The van der Waals surface area contributed by atoms with Gasteiger partial charge in [0.2, 0.25) is 5.91 Å². The van der Waals surface area contributed by atoms with E-state index >= 15 is 0 Å². The summed E-state index contributed by atoms with van der Waals surface area (Å²) in [6.45, 7) is 1.82. The van der Waals surface area contributed by atoms with Crippen LogP contribution < -0.4 is 10.6 Å². The van der Waals surface area contributed by atoms with E-state index in [-0.39, 0.29) is 29.9 Å². The molecule has 0 fully saturated rings. The Morgan fingerprint density at radius 1 is 1.27 bits per heavy atom. The summed E-state index contributed by atoms with van der Waals surface area (Å²) >= 11 is 1.23. The van der Waals surface area contributed by atoms with Gasteiger partial charge in [-0.15, -0.1) is 11.3 Å². The smallest absolute Gasteiger partial charge is 0.293 e. The van der Waals surface area contributed by atoms with E-state index in [1.54, 1.807) is 29.6 Å². The SMILES string of the molecule is C[C@H](NC(=O)Cc1csc(NC(=O)c2ccco2)n1)c1ccc(F)cc1. The third-order valence-corrected chi connectivity index (χ3v) is 4.41. The lowest BCUT2D eigenvalue weighted by molar-refractivity contribution is -0.121. The van der Waals surface area contributed by atoms with E-state index in [2.05, 4.69) is 15.6 Å². The summed E-state index contributed by atoms with van der Waals surface area (Å²) in [7, 11) is 0. The van der Waals surface area contributed by atoms with Gasteiger partial charge in [-0.25, -0.2) is 9.37 Å². The van der Waals surface area contributed by atoms with Gasteiger partial charge in [0.25, 0.3) is 5.91 Å². The molecule has 0 radical (unpaired) electrons. The van der Waals surface area contributed by atoms with Crippen molar-refractivity contribution in [1.29, 1.82) is 0 Å². The van der Waals surface area contributed by atoms with Gasteiger partial charge >= 0.3 is 0 Å². The number of nitrogens with one attached hydrogen (secondary N) is 2. The quantitative estimate of drug-likeness (QED) is 0.692. The zero-order chi connectivity index (χ0) is 18.5. The highest BCUT2D eigenvalue weighted by Crippen LogP contribution is 2.18. The Labute approximate surface area is 153 Å². The molecule has 8 heteroatoms. The van der Waals surface area contributed by atoms with Gasteiger partial charge in [0.05, 0.1) is 24.4 Å². The van der Waals surface area contributed by atoms with Gasteiger partial charge in [0.1, 0.15) is 5.82 Å². The van der Waals surface area contributed by atoms with E-state index in [0.29, 0.717) is 10.8 Å². The number of anilines is 1. The second-order valence-corrected chi connectivity index (χ2v) is 6.45. The first kappa shape index (κ1) is 17.8. The summed E-state index contributed by atoms with van der Waals surface area (Å²) in [6, 6.07) is 8.89. The van der Waals surface area contributed by atoms with E-state index in [1.165, 1.54) is 29.7 Å². The number of thiazole rings is 1. The Morgan fingerprint density at radius 2 is 2.04 bits per heavy atom. The van der Waals surface area contributed by atoms with Crippen LogP contribution in [0, 0.1) is 5.82 Å². The molecule has 0 aliphatic rings. The number of carbonyl (C=O) groups is 2. The van der Waals surface area contributed by atoms with Gasteiger partial charge in [0.15, 0.2) is 10.9 Å². The summed E-state index contributed by atoms with van der Waals surface area (Å²) in [5.74, 6) is -0.743. The van der Waals surface area contributed by atoms with Crippen molar-refractivity contribution >= 4 is 28.3 Å². The average molecular weight is 373 g/mol. The maximum atomic E-state index is 13.0. The summed E-state index contributed by atoms with van der Waals surface area (Å²) < 4.78 is 18.0. The molecule has 0 unspecified atom stereocenters. The molecule has 2 amide bonds. The molecule has 2 N–H and O–H groups in total. The zero-order valence-corrected chi connectivity index (χ0v) is 14.7. The molecule has 0 aliphatic carbocycles. The third-order valence-electron chi connectivity index (χ3n) is 3.61. The molecular weight excluding hydrogens is 357 g/mol. The lowest BCUT2D eigenvalue weighted by Gasteiger charge is -2.13. The van der Waals surface area contributed by atoms with Crippen molar-refractivity contribution < 1.29 is 18.4 Å². The molecule has 0 bridgehead atoms. The number of hydrogen-bond donors (Lipinski definition) is 2. The third kappa shape index (κ3) is 4.54. The van der Waals surface area contributed by atoms with Crippen LogP contribution >= 0.6 is 11.3 Å². The number of benzene rings is 1. The summed E-state index contributed by atoms with van der Waals surface area (Å²) in [4.78, 5) is 28.3. The van der Waals surface area contributed by atoms with Crippen LogP contribution in [-0.4, -0.2) is 16.8 Å². The number of aromatic nitrogens is 1. The molecule has 1 aromatic carbocycles. The second-order valence-electron chi connectivity index (χ2n) is 5.59. The topological polar surface area (TPSA) is 84.2 Å². The van der Waals surface area contributed by atoms with Gasteiger partial charge in [-0.05, 0) is 36.8 Å². The number of furan rings is 1. The van der Waals surface area contributed by atoms with Crippen molar-refractivity contribution in [3.63, 3.8) is 0 Å². The molecule has 26 heavy (non-hydrogen) atoms. The fourth-order valence-electron chi connectivity index (χ4n) is 2.30. The highest BCUT2D eigenvalue weighted by atomic mass is 32.1. The number of amides is 2. The van der Waals surface area contributed by atoms with Gasteiger partial charge < -0.3 is 9.73 Å². The predicted molar refractivity (Wildman–Crippen MR) is 95.4 cm³/mol. The highest BCUT2D eigenvalue weighted by molar-refractivity contribution is 7.14. The molecular formula is C18H16FN3O3S. The van der Waals surface area contributed by atoms with Crippen molar-refractivity contribution in [3.05, 3.63) is 70.9 Å². The van der Waals surface area contributed by atoms with E-state index in [9.17, 15) is 14.0 Å².